The van der Waals surface area contributed by atoms with E-state index < -0.39 is 18.2 Å². The number of azide groups is 1. The molecule has 8 heteroatoms. The third kappa shape index (κ3) is 3.72. The first kappa shape index (κ1) is 13.5. The van der Waals surface area contributed by atoms with Crippen LogP contribution in [0.3, 0.4) is 0 Å². The quantitative estimate of drug-likeness (QED) is 0.405. The Morgan fingerprint density at radius 2 is 2.24 bits per heavy atom. The van der Waals surface area contributed by atoms with Crippen LogP contribution in [0.15, 0.2) is 17.2 Å². The molecule has 0 aliphatic rings. The Kier molecular flexibility index (Phi) is 4.92. The standard InChI is InChI=1S/C9H11N3O4S/c10-12-11-4-3-5(13)8(14)6-1-2-7(17-6)9(15)16/h1-2,5,8,13-14H,3-4H2,(H,15,16). The first-order chi connectivity index (χ1) is 8.06. The van der Waals surface area contributed by atoms with Crippen LogP contribution >= 0.6 is 11.3 Å². The highest BCUT2D eigenvalue weighted by atomic mass is 32.1. The molecule has 0 saturated carbocycles. The average molecular weight is 257 g/mol. The number of rotatable bonds is 6. The molecule has 0 aromatic carbocycles. The van der Waals surface area contributed by atoms with Gasteiger partial charge in [0, 0.05) is 16.3 Å². The Morgan fingerprint density at radius 3 is 2.76 bits per heavy atom. The molecule has 1 rings (SSSR count). The van der Waals surface area contributed by atoms with Gasteiger partial charge in [-0.3, -0.25) is 0 Å². The summed E-state index contributed by atoms with van der Waals surface area (Å²) in [4.78, 5) is 13.6. The molecule has 1 aromatic heterocycles. The number of aromatic carboxylic acids is 1. The fourth-order valence-corrected chi connectivity index (χ4v) is 2.10. The molecule has 17 heavy (non-hydrogen) atoms. The average Bonchev–Trinajstić information content (AvgIpc) is 2.77. The number of aliphatic hydroxyl groups is 2. The largest absolute Gasteiger partial charge is 0.477 e. The summed E-state index contributed by atoms with van der Waals surface area (Å²) in [5.41, 5.74) is 8.05. The number of nitrogens with zero attached hydrogens (tertiary/aromatic N) is 3. The third-order valence-electron chi connectivity index (χ3n) is 2.08. The SMILES string of the molecule is [N-]=[N+]=NCCC(O)C(O)c1ccc(C(=O)O)s1. The number of thiophene rings is 1. The molecule has 92 valence electrons. The van der Waals surface area contributed by atoms with Crippen molar-refractivity contribution in [2.45, 2.75) is 18.6 Å². The molecule has 0 fully saturated rings. The molecule has 0 bridgehead atoms. The summed E-state index contributed by atoms with van der Waals surface area (Å²) in [6, 6.07) is 2.82. The van der Waals surface area contributed by atoms with E-state index in [1.807, 2.05) is 0 Å². The van der Waals surface area contributed by atoms with E-state index in [-0.39, 0.29) is 17.8 Å². The topological polar surface area (TPSA) is 127 Å². The van der Waals surface area contributed by atoms with Crippen molar-refractivity contribution in [3.05, 3.63) is 32.3 Å². The van der Waals surface area contributed by atoms with Crippen molar-refractivity contribution >= 4 is 17.3 Å². The van der Waals surface area contributed by atoms with E-state index in [2.05, 4.69) is 10.0 Å². The highest BCUT2D eigenvalue weighted by Crippen LogP contribution is 2.26. The molecule has 0 saturated heterocycles. The summed E-state index contributed by atoms with van der Waals surface area (Å²) in [6.45, 7) is 0.0753. The van der Waals surface area contributed by atoms with Gasteiger partial charge >= 0.3 is 5.97 Å². The van der Waals surface area contributed by atoms with Gasteiger partial charge in [-0.15, -0.1) is 11.3 Å². The van der Waals surface area contributed by atoms with Gasteiger partial charge < -0.3 is 15.3 Å². The van der Waals surface area contributed by atoms with Crippen LogP contribution in [0.25, 0.3) is 10.4 Å². The second-order valence-corrected chi connectivity index (χ2v) is 4.38. The van der Waals surface area contributed by atoms with Crippen molar-refractivity contribution in [3.63, 3.8) is 0 Å². The number of carbonyl (C=O) groups is 1. The third-order valence-corrected chi connectivity index (χ3v) is 3.23. The molecular formula is C9H11N3O4S. The number of hydrogen-bond donors (Lipinski definition) is 3. The predicted molar refractivity (Wildman–Crippen MR) is 60.9 cm³/mol. The van der Waals surface area contributed by atoms with Gasteiger partial charge in [-0.2, -0.15) is 0 Å². The molecule has 0 aliphatic carbocycles. The Labute approximate surface area is 101 Å². The maximum atomic E-state index is 10.6. The molecule has 3 N–H and O–H groups in total. The highest BCUT2D eigenvalue weighted by Gasteiger charge is 2.20. The van der Waals surface area contributed by atoms with E-state index in [0.717, 1.165) is 11.3 Å². The Bertz CT molecular complexity index is 441. The van der Waals surface area contributed by atoms with Gasteiger partial charge in [0.25, 0.3) is 0 Å². The van der Waals surface area contributed by atoms with Crippen LogP contribution in [0.4, 0.5) is 0 Å². The van der Waals surface area contributed by atoms with Crippen LogP contribution in [-0.4, -0.2) is 33.9 Å². The molecule has 7 nitrogen and oxygen atoms in total. The van der Waals surface area contributed by atoms with E-state index in [9.17, 15) is 15.0 Å². The second-order valence-electron chi connectivity index (χ2n) is 3.26. The summed E-state index contributed by atoms with van der Waals surface area (Å²) in [5.74, 6) is -1.07. The van der Waals surface area contributed by atoms with Crippen LogP contribution in [0.5, 0.6) is 0 Å². The van der Waals surface area contributed by atoms with Crippen molar-refractivity contribution in [3.8, 4) is 0 Å². The van der Waals surface area contributed by atoms with Crippen molar-refractivity contribution in [2.75, 3.05) is 6.54 Å². The molecule has 0 aliphatic heterocycles. The summed E-state index contributed by atoms with van der Waals surface area (Å²) in [6.07, 6.45) is -2.13. The molecule has 1 aromatic rings. The molecule has 0 radical (unpaired) electrons. The van der Waals surface area contributed by atoms with Crippen LogP contribution in [0.2, 0.25) is 0 Å². The summed E-state index contributed by atoms with van der Waals surface area (Å²) < 4.78 is 0. The van der Waals surface area contributed by atoms with Crippen molar-refractivity contribution in [2.24, 2.45) is 5.11 Å². The smallest absolute Gasteiger partial charge is 0.345 e. The lowest BCUT2D eigenvalue weighted by Gasteiger charge is -2.15. The molecule has 2 atom stereocenters. The molecule has 1 heterocycles. The normalized spacial score (nSPS) is 13.8. The van der Waals surface area contributed by atoms with Crippen molar-refractivity contribution in [1.29, 1.82) is 0 Å². The monoisotopic (exact) mass is 257 g/mol. The highest BCUT2D eigenvalue weighted by molar-refractivity contribution is 7.14. The van der Waals surface area contributed by atoms with Gasteiger partial charge in [-0.1, -0.05) is 5.11 Å². The zero-order valence-electron chi connectivity index (χ0n) is 8.72. The minimum Gasteiger partial charge on any atom is -0.477 e. The Morgan fingerprint density at radius 1 is 1.53 bits per heavy atom. The first-order valence-corrected chi connectivity index (χ1v) is 5.58. The van der Waals surface area contributed by atoms with Gasteiger partial charge in [0.1, 0.15) is 11.0 Å². The number of carboxylic acids is 1. The minimum absolute atomic E-state index is 0.0753. The van der Waals surface area contributed by atoms with E-state index in [4.69, 9.17) is 10.6 Å². The number of aliphatic hydroxyl groups excluding tert-OH is 2. The predicted octanol–water partition coefficient (Wildman–Crippen LogP) is 1.54. The first-order valence-electron chi connectivity index (χ1n) is 4.76. The zero-order valence-corrected chi connectivity index (χ0v) is 9.54. The molecule has 2 unspecified atom stereocenters. The maximum absolute atomic E-state index is 10.6. The van der Waals surface area contributed by atoms with Gasteiger partial charge in [0.05, 0.1) is 6.10 Å². The van der Waals surface area contributed by atoms with E-state index in [0.29, 0.717) is 4.88 Å². The fourth-order valence-electron chi connectivity index (χ4n) is 1.21. The maximum Gasteiger partial charge on any atom is 0.345 e. The minimum atomic E-state index is -1.16. The Balaban J connectivity index is 2.64. The molecule has 0 amide bonds. The lowest BCUT2D eigenvalue weighted by atomic mass is 10.1. The lowest BCUT2D eigenvalue weighted by Crippen LogP contribution is -2.18. The number of hydrogen-bond acceptors (Lipinski definition) is 5. The molecule has 0 spiro atoms. The van der Waals surface area contributed by atoms with Crippen LogP contribution < -0.4 is 0 Å². The Hall–Kier alpha value is -1.60. The van der Waals surface area contributed by atoms with Crippen LogP contribution in [-0.2, 0) is 0 Å². The van der Waals surface area contributed by atoms with E-state index in [1.54, 1.807) is 0 Å². The fraction of sp³-hybridized carbons (Fsp3) is 0.444. The van der Waals surface area contributed by atoms with Gasteiger partial charge in [0.2, 0.25) is 0 Å². The van der Waals surface area contributed by atoms with Crippen LogP contribution in [0.1, 0.15) is 27.1 Å². The van der Waals surface area contributed by atoms with E-state index >= 15 is 0 Å². The summed E-state index contributed by atoms with van der Waals surface area (Å²) in [7, 11) is 0. The van der Waals surface area contributed by atoms with Gasteiger partial charge in [0.15, 0.2) is 0 Å². The van der Waals surface area contributed by atoms with E-state index in [1.165, 1.54) is 12.1 Å². The van der Waals surface area contributed by atoms with Crippen molar-refractivity contribution < 1.29 is 20.1 Å². The summed E-state index contributed by atoms with van der Waals surface area (Å²) in [5, 5.41) is 31.2. The zero-order chi connectivity index (χ0) is 12.8. The van der Waals surface area contributed by atoms with Gasteiger partial charge in [-0.25, -0.2) is 4.79 Å². The second kappa shape index (κ2) is 6.21. The van der Waals surface area contributed by atoms with Crippen LogP contribution in [0, 0.1) is 0 Å². The summed E-state index contributed by atoms with van der Waals surface area (Å²) >= 11 is 0.904. The lowest BCUT2D eigenvalue weighted by molar-refractivity contribution is 0.0172. The van der Waals surface area contributed by atoms with Gasteiger partial charge in [-0.05, 0) is 24.1 Å². The van der Waals surface area contributed by atoms with Crippen molar-refractivity contribution in [1.82, 2.24) is 0 Å². The molecular weight excluding hydrogens is 246 g/mol. The number of carboxylic acid groups (broad SMARTS) is 1.